The summed E-state index contributed by atoms with van der Waals surface area (Å²) in [5.74, 6) is -0.221. The van der Waals surface area contributed by atoms with E-state index in [4.69, 9.17) is 10.2 Å². The van der Waals surface area contributed by atoms with Crippen LogP contribution in [0.4, 0.5) is 0 Å². The van der Waals surface area contributed by atoms with Gasteiger partial charge >= 0.3 is 0 Å². The van der Waals surface area contributed by atoms with Crippen LogP contribution in [0.3, 0.4) is 0 Å². The van der Waals surface area contributed by atoms with Crippen LogP contribution < -0.4 is 0 Å². The molecule has 0 radical (unpaired) electrons. The van der Waals surface area contributed by atoms with Crippen LogP contribution in [0.2, 0.25) is 0 Å². The highest BCUT2D eigenvalue weighted by atomic mass is 16.3. The lowest BCUT2D eigenvalue weighted by atomic mass is 10.0. The van der Waals surface area contributed by atoms with Crippen LogP contribution in [0.15, 0.2) is 0 Å². The number of hydrogen-bond acceptors (Lipinski definition) is 3. The van der Waals surface area contributed by atoms with Gasteiger partial charge in [-0.3, -0.25) is 4.79 Å². The number of unbranched alkanes of at least 4 members (excludes halogenated alkanes) is 13. The van der Waals surface area contributed by atoms with Gasteiger partial charge in [-0.15, -0.1) is 0 Å². The highest BCUT2D eigenvalue weighted by Crippen LogP contribution is 2.13. The summed E-state index contributed by atoms with van der Waals surface area (Å²) < 4.78 is 0. The van der Waals surface area contributed by atoms with Gasteiger partial charge < -0.3 is 10.2 Å². The fourth-order valence-electron chi connectivity index (χ4n) is 2.76. The fourth-order valence-corrected chi connectivity index (χ4v) is 2.76. The summed E-state index contributed by atoms with van der Waals surface area (Å²) in [5.41, 5.74) is 0. The number of aliphatic hydroxyl groups excluding tert-OH is 2. The molecule has 22 heavy (non-hydrogen) atoms. The summed E-state index contributed by atoms with van der Waals surface area (Å²) >= 11 is 0. The largest absolute Gasteiger partial charge is 0.393 e. The molecular weight excluding hydrogens is 276 g/mol. The van der Waals surface area contributed by atoms with E-state index in [2.05, 4.69) is 6.92 Å². The molecule has 0 saturated heterocycles. The molecule has 0 amide bonds. The number of carbonyl (C=O) groups excluding carboxylic acids is 1. The molecule has 1 unspecified atom stereocenters. The zero-order chi connectivity index (χ0) is 16.5. The Labute approximate surface area is 137 Å². The van der Waals surface area contributed by atoms with Gasteiger partial charge in [-0.25, -0.2) is 0 Å². The summed E-state index contributed by atoms with van der Waals surface area (Å²) in [6.45, 7) is 1.81. The van der Waals surface area contributed by atoms with Gasteiger partial charge in [0.15, 0.2) is 5.78 Å². The van der Waals surface area contributed by atoms with E-state index in [1.807, 2.05) is 0 Å². The highest BCUT2D eigenvalue weighted by molar-refractivity contribution is 5.82. The van der Waals surface area contributed by atoms with Crippen molar-refractivity contribution in [3.63, 3.8) is 0 Å². The molecule has 1 atom stereocenters. The smallest absolute Gasteiger partial charge is 0.163 e. The highest BCUT2D eigenvalue weighted by Gasteiger charge is 2.12. The van der Waals surface area contributed by atoms with Gasteiger partial charge in [-0.05, 0) is 6.42 Å². The first-order chi connectivity index (χ1) is 10.7. The van der Waals surface area contributed by atoms with Gasteiger partial charge in [-0.1, -0.05) is 90.4 Å². The molecule has 0 aliphatic carbocycles. The van der Waals surface area contributed by atoms with Gasteiger partial charge in [0, 0.05) is 6.42 Å². The SMILES string of the molecule is CCCCCCCCCCCCCCCCC(=O)C(O)CO. The maximum absolute atomic E-state index is 11.3. The minimum absolute atomic E-state index is 0.221. The predicted molar refractivity (Wildman–Crippen MR) is 93.0 cm³/mol. The van der Waals surface area contributed by atoms with E-state index >= 15 is 0 Å². The molecule has 0 rings (SSSR count). The van der Waals surface area contributed by atoms with Crippen LogP contribution in [0.25, 0.3) is 0 Å². The zero-order valence-electron chi connectivity index (χ0n) is 14.7. The summed E-state index contributed by atoms with van der Waals surface area (Å²) in [6.07, 6.45) is 17.3. The Kier molecular flexibility index (Phi) is 16.6. The molecule has 0 aliphatic heterocycles. The maximum atomic E-state index is 11.3. The standard InChI is InChI=1S/C19H38O3/c1-2-3-4-5-6-7-8-9-10-11-12-13-14-15-16-18(21)19(22)17-20/h19-20,22H,2-17H2,1H3. The number of Topliss-reactive ketones (excluding diaryl/α,β-unsaturated/α-hetero) is 1. The van der Waals surface area contributed by atoms with E-state index in [1.165, 1.54) is 77.0 Å². The Hall–Kier alpha value is -0.410. The molecule has 0 saturated carbocycles. The normalized spacial score (nSPS) is 12.5. The van der Waals surface area contributed by atoms with Crippen LogP contribution >= 0.6 is 0 Å². The molecule has 0 aromatic heterocycles. The lowest BCUT2D eigenvalue weighted by Gasteiger charge is -2.06. The Balaban J connectivity index is 3.10. The minimum Gasteiger partial charge on any atom is -0.393 e. The average molecular weight is 315 g/mol. The number of ketones is 1. The van der Waals surface area contributed by atoms with Crippen molar-refractivity contribution in [3.05, 3.63) is 0 Å². The summed E-state index contributed by atoms with van der Waals surface area (Å²) in [4.78, 5) is 11.3. The van der Waals surface area contributed by atoms with Crippen molar-refractivity contribution < 1.29 is 15.0 Å². The molecule has 3 heteroatoms. The Morgan fingerprint density at radius 3 is 1.45 bits per heavy atom. The Morgan fingerprint density at radius 2 is 1.09 bits per heavy atom. The average Bonchev–Trinajstić information content (AvgIpc) is 2.54. The zero-order valence-corrected chi connectivity index (χ0v) is 14.7. The van der Waals surface area contributed by atoms with Crippen LogP contribution in [0, 0.1) is 0 Å². The van der Waals surface area contributed by atoms with E-state index in [1.54, 1.807) is 0 Å². The second-order valence-electron chi connectivity index (χ2n) is 6.51. The molecule has 132 valence electrons. The van der Waals surface area contributed by atoms with E-state index in [0.29, 0.717) is 6.42 Å². The van der Waals surface area contributed by atoms with Gasteiger partial charge in [0.2, 0.25) is 0 Å². The van der Waals surface area contributed by atoms with Crippen molar-refractivity contribution in [1.29, 1.82) is 0 Å². The first-order valence-corrected chi connectivity index (χ1v) is 9.54. The Bertz CT molecular complexity index is 241. The molecule has 2 N–H and O–H groups in total. The molecule has 0 bridgehead atoms. The monoisotopic (exact) mass is 314 g/mol. The second kappa shape index (κ2) is 17.0. The van der Waals surface area contributed by atoms with Crippen LogP contribution in [-0.2, 0) is 4.79 Å². The summed E-state index contributed by atoms with van der Waals surface area (Å²) in [7, 11) is 0. The van der Waals surface area contributed by atoms with E-state index in [0.717, 1.165) is 12.8 Å². The molecule has 0 aliphatic rings. The lowest BCUT2D eigenvalue weighted by Crippen LogP contribution is -2.23. The van der Waals surface area contributed by atoms with Gasteiger partial charge in [0.05, 0.1) is 6.61 Å². The van der Waals surface area contributed by atoms with E-state index in [9.17, 15) is 4.79 Å². The van der Waals surface area contributed by atoms with E-state index < -0.39 is 12.7 Å². The fraction of sp³-hybridized carbons (Fsp3) is 0.947. The topological polar surface area (TPSA) is 57.5 Å². The molecular formula is C19H38O3. The summed E-state index contributed by atoms with van der Waals surface area (Å²) in [5, 5.41) is 17.8. The number of aliphatic hydroxyl groups is 2. The van der Waals surface area contributed by atoms with Gasteiger partial charge in [-0.2, -0.15) is 0 Å². The van der Waals surface area contributed by atoms with Crippen molar-refractivity contribution in [2.45, 2.75) is 109 Å². The van der Waals surface area contributed by atoms with Gasteiger partial charge in [0.1, 0.15) is 6.10 Å². The first kappa shape index (κ1) is 21.6. The predicted octanol–water partition coefficient (Wildman–Crippen LogP) is 4.78. The van der Waals surface area contributed by atoms with Crippen LogP contribution in [0.5, 0.6) is 0 Å². The van der Waals surface area contributed by atoms with Crippen LogP contribution in [-0.4, -0.2) is 28.7 Å². The Morgan fingerprint density at radius 1 is 0.727 bits per heavy atom. The molecule has 0 heterocycles. The maximum Gasteiger partial charge on any atom is 0.163 e. The van der Waals surface area contributed by atoms with Crippen LogP contribution in [0.1, 0.15) is 103 Å². The van der Waals surface area contributed by atoms with Crippen molar-refractivity contribution >= 4 is 5.78 Å². The lowest BCUT2D eigenvalue weighted by molar-refractivity contribution is -0.129. The molecule has 0 aromatic rings. The van der Waals surface area contributed by atoms with Gasteiger partial charge in [0.25, 0.3) is 0 Å². The van der Waals surface area contributed by atoms with Crippen molar-refractivity contribution in [3.8, 4) is 0 Å². The number of rotatable bonds is 17. The van der Waals surface area contributed by atoms with Crippen molar-refractivity contribution in [1.82, 2.24) is 0 Å². The second-order valence-corrected chi connectivity index (χ2v) is 6.51. The number of hydrogen-bond donors (Lipinski definition) is 2. The first-order valence-electron chi connectivity index (χ1n) is 9.54. The third kappa shape index (κ3) is 14.5. The molecule has 0 aromatic carbocycles. The minimum atomic E-state index is -1.16. The third-order valence-electron chi connectivity index (χ3n) is 4.32. The molecule has 0 fully saturated rings. The third-order valence-corrected chi connectivity index (χ3v) is 4.32. The van der Waals surface area contributed by atoms with E-state index in [-0.39, 0.29) is 5.78 Å². The number of carbonyl (C=O) groups is 1. The molecule has 0 spiro atoms. The molecule has 3 nitrogen and oxygen atoms in total. The van der Waals surface area contributed by atoms with Crippen molar-refractivity contribution in [2.24, 2.45) is 0 Å². The van der Waals surface area contributed by atoms with Crippen molar-refractivity contribution in [2.75, 3.05) is 6.61 Å². The quantitative estimate of drug-likeness (QED) is 0.380. The summed E-state index contributed by atoms with van der Waals surface area (Å²) in [6, 6.07) is 0.